The molecule has 2 saturated heterocycles. The van der Waals surface area contributed by atoms with Gasteiger partial charge in [0.1, 0.15) is 11.0 Å². The molecule has 20 heavy (non-hydrogen) atoms. The highest BCUT2D eigenvalue weighted by Crippen LogP contribution is 2.61. The van der Waals surface area contributed by atoms with E-state index in [-0.39, 0.29) is 13.2 Å². The van der Waals surface area contributed by atoms with Crippen LogP contribution in [0, 0.1) is 5.41 Å². The van der Waals surface area contributed by atoms with E-state index in [2.05, 4.69) is 5.32 Å². The second-order valence-corrected chi connectivity index (χ2v) is 6.64. The predicted molar refractivity (Wildman–Crippen MR) is 68.2 cm³/mol. The van der Waals surface area contributed by atoms with Crippen molar-refractivity contribution in [2.45, 2.75) is 50.9 Å². The van der Waals surface area contributed by atoms with E-state index >= 15 is 0 Å². The van der Waals surface area contributed by atoms with Gasteiger partial charge in [-0.15, -0.1) is 0 Å². The van der Waals surface area contributed by atoms with Crippen molar-refractivity contribution in [1.82, 2.24) is 5.32 Å². The molecule has 3 rings (SSSR count). The molecule has 3 N–H and O–H groups in total. The summed E-state index contributed by atoms with van der Waals surface area (Å²) in [5.41, 5.74) is -2.29. The third-order valence-corrected chi connectivity index (χ3v) is 3.83. The molecule has 3 fully saturated rings. The lowest BCUT2D eigenvalue weighted by atomic mass is 9.60. The summed E-state index contributed by atoms with van der Waals surface area (Å²) in [5.74, 6) is -0.957. The summed E-state index contributed by atoms with van der Waals surface area (Å²) >= 11 is 0. The molecule has 0 aromatic heterocycles. The Kier molecular flexibility index (Phi) is 3.46. The molecular weight excluding hydrogens is 266 g/mol. The number of carbonyl (C=O) groups excluding carboxylic acids is 1. The lowest BCUT2D eigenvalue weighted by Gasteiger charge is -2.42. The number of hydrogen-bond donors (Lipinski definition) is 3. The van der Waals surface area contributed by atoms with Gasteiger partial charge in [0.2, 0.25) is 0 Å². The van der Waals surface area contributed by atoms with Crippen molar-refractivity contribution in [3.05, 3.63) is 0 Å². The largest absolute Gasteiger partial charge is 0.481 e. The molecule has 7 heteroatoms. The number of ether oxygens (including phenoxy) is 2. The highest BCUT2D eigenvalue weighted by atomic mass is 16.6. The molecule has 0 spiro atoms. The van der Waals surface area contributed by atoms with Gasteiger partial charge >= 0.3 is 12.1 Å². The van der Waals surface area contributed by atoms with Crippen LogP contribution in [0.5, 0.6) is 0 Å². The number of amides is 1. The molecule has 0 aromatic carbocycles. The number of carboxylic acids is 1. The summed E-state index contributed by atoms with van der Waals surface area (Å²) in [7, 11) is 0. The SMILES string of the molecule is CC(C)(C)OC(=O)NCC12CC(C(=O)O)(C1)C(CO)O2. The zero-order valence-corrected chi connectivity index (χ0v) is 11.9. The van der Waals surface area contributed by atoms with Crippen LogP contribution < -0.4 is 5.32 Å². The van der Waals surface area contributed by atoms with Gasteiger partial charge in [-0.25, -0.2) is 4.79 Å². The molecule has 1 atom stereocenters. The van der Waals surface area contributed by atoms with Crippen LogP contribution in [0.1, 0.15) is 33.6 Å². The minimum Gasteiger partial charge on any atom is -0.481 e. The Balaban J connectivity index is 1.91. The van der Waals surface area contributed by atoms with E-state index in [9.17, 15) is 19.8 Å². The highest BCUT2D eigenvalue weighted by Gasteiger charge is 2.71. The molecule has 1 amide bonds. The number of alkyl carbamates (subject to hydrolysis) is 1. The molecule has 1 saturated carbocycles. The van der Waals surface area contributed by atoms with Gasteiger partial charge in [0.15, 0.2) is 0 Å². The van der Waals surface area contributed by atoms with Gasteiger partial charge < -0.3 is 25.0 Å². The van der Waals surface area contributed by atoms with Crippen LogP contribution in [0.25, 0.3) is 0 Å². The maximum atomic E-state index is 11.6. The third kappa shape index (κ3) is 2.47. The van der Waals surface area contributed by atoms with Crippen LogP contribution in [-0.4, -0.2) is 52.7 Å². The second-order valence-electron chi connectivity index (χ2n) is 6.64. The molecule has 2 bridgehead atoms. The normalized spacial score (nSPS) is 35.3. The van der Waals surface area contributed by atoms with Crippen molar-refractivity contribution >= 4 is 12.1 Å². The van der Waals surface area contributed by atoms with Crippen LogP contribution in [0.4, 0.5) is 4.79 Å². The predicted octanol–water partition coefficient (Wildman–Crippen LogP) is 0.506. The first-order chi connectivity index (χ1) is 9.12. The molecule has 0 radical (unpaired) electrons. The highest BCUT2D eigenvalue weighted by molar-refractivity contribution is 5.78. The van der Waals surface area contributed by atoms with E-state index in [0.29, 0.717) is 12.8 Å². The van der Waals surface area contributed by atoms with E-state index < -0.39 is 34.8 Å². The zero-order valence-electron chi connectivity index (χ0n) is 11.9. The molecule has 3 aliphatic rings. The monoisotopic (exact) mass is 287 g/mol. The maximum absolute atomic E-state index is 11.6. The minimum atomic E-state index is -1.01. The Hall–Kier alpha value is -1.34. The fraction of sp³-hybridized carbons (Fsp3) is 0.846. The first kappa shape index (κ1) is 15.1. The number of carboxylic acid groups (broad SMARTS) is 1. The average Bonchev–Trinajstić information content (AvgIpc) is 2.74. The van der Waals surface area contributed by atoms with Gasteiger partial charge in [-0.1, -0.05) is 0 Å². The number of fused-ring (bicyclic) bond motifs is 1. The molecule has 114 valence electrons. The van der Waals surface area contributed by atoms with Crippen LogP contribution in [0.2, 0.25) is 0 Å². The Bertz CT molecular complexity index is 421. The van der Waals surface area contributed by atoms with Crippen molar-refractivity contribution in [3.8, 4) is 0 Å². The van der Waals surface area contributed by atoms with Crippen LogP contribution in [-0.2, 0) is 14.3 Å². The van der Waals surface area contributed by atoms with Crippen molar-refractivity contribution < 1.29 is 29.3 Å². The first-order valence-corrected chi connectivity index (χ1v) is 6.61. The summed E-state index contributed by atoms with van der Waals surface area (Å²) < 4.78 is 10.7. The molecule has 2 heterocycles. The average molecular weight is 287 g/mol. The molecule has 7 nitrogen and oxygen atoms in total. The number of hydrogen-bond acceptors (Lipinski definition) is 5. The van der Waals surface area contributed by atoms with Gasteiger partial charge in [0, 0.05) is 0 Å². The number of aliphatic hydroxyl groups excluding tert-OH is 1. The Morgan fingerprint density at radius 2 is 2.00 bits per heavy atom. The summed E-state index contributed by atoms with van der Waals surface area (Å²) in [5, 5.41) is 21.1. The summed E-state index contributed by atoms with van der Waals surface area (Å²) in [6, 6.07) is 0. The van der Waals surface area contributed by atoms with Crippen LogP contribution in [0.15, 0.2) is 0 Å². The number of nitrogens with one attached hydrogen (secondary N) is 1. The summed E-state index contributed by atoms with van der Waals surface area (Å²) in [6.07, 6.45) is -0.664. The Labute approximate surface area is 117 Å². The summed E-state index contributed by atoms with van der Waals surface area (Å²) in [6.45, 7) is 5.14. The van der Waals surface area contributed by atoms with E-state index in [1.165, 1.54) is 0 Å². The van der Waals surface area contributed by atoms with Gasteiger partial charge in [-0.3, -0.25) is 4.79 Å². The Morgan fingerprint density at radius 3 is 2.40 bits per heavy atom. The maximum Gasteiger partial charge on any atom is 0.407 e. The first-order valence-electron chi connectivity index (χ1n) is 6.61. The fourth-order valence-corrected chi connectivity index (χ4v) is 3.04. The van der Waals surface area contributed by atoms with Gasteiger partial charge in [0.05, 0.1) is 24.9 Å². The minimum absolute atomic E-state index is 0.188. The molecule has 1 aliphatic carbocycles. The zero-order chi connectivity index (χ0) is 15.2. The quantitative estimate of drug-likeness (QED) is 0.695. The van der Waals surface area contributed by atoms with E-state index in [1.54, 1.807) is 20.8 Å². The van der Waals surface area contributed by atoms with Crippen molar-refractivity contribution in [2.24, 2.45) is 5.41 Å². The van der Waals surface area contributed by atoms with Crippen molar-refractivity contribution in [1.29, 1.82) is 0 Å². The van der Waals surface area contributed by atoms with Gasteiger partial charge in [-0.05, 0) is 33.6 Å². The number of aliphatic hydroxyl groups is 1. The lowest BCUT2D eigenvalue weighted by molar-refractivity contribution is -0.155. The van der Waals surface area contributed by atoms with E-state index in [4.69, 9.17) is 9.47 Å². The third-order valence-electron chi connectivity index (χ3n) is 3.83. The van der Waals surface area contributed by atoms with Crippen LogP contribution >= 0.6 is 0 Å². The van der Waals surface area contributed by atoms with Crippen molar-refractivity contribution in [3.63, 3.8) is 0 Å². The lowest BCUT2D eigenvalue weighted by Crippen LogP contribution is -2.55. The topological polar surface area (TPSA) is 105 Å². The fourth-order valence-electron chi connectivity index (χ4n) is 3.04. The molecular formula is C13H21NO6. The molecule has 1 unspecified atom stereocenters. The smallest absolute Gasteiger partial charge is 0.407 e. The number of rotatable bonds is 4. The van der Waals surface area contributed by atoms with E-state index in [0.717, 1.165) is 0 Å². The van der Waals surface area contributed by atoms with Gasteiger partial charge in [0.25, 0.3) is 0 Å². The van der Waals surface area contributed by atoms with Gasteiger partial charge in [-0.2, -0.15) is 0 Å². The molecule has 0 aromatic rings. The molecule has 2 aliphatic heterocycles. The Morgan fingerprint density at radius 1 is 1.40 bits per heavy atom. The summed E-state index contributed by atoms with van der Waals surface area (Å²) in [4.78, 5) is 22.9. The number of carbonyl (C=O) groups is 2. The van der Waals surface area contributed by atoms with E-state index in [1.807, 2.05) is 0 Å². The number of aliphatic carboxylic acids is 1. The van der Waals surface area contributed by atoms with Crippen molar-refractivity contribution in [2.75, 3.05) is 13.2 Å². The van der Waals surface area contributed by atoms with Crippen LogP contribution in [0.3, 0.4) is 0 Å². The second kappa shape index (κ2) is 4.60. The standard InChI is InChI=1S/C13H21NO6/c1-11(2,3)20-10(18)14-7-12-5-13(6-12,9(16)17)8(4-15)19-12/h8,15H,4-7H2,1-3H3,(H,14,18)(H,16,17).